The van der Waals surface area contributed by atoms with E-state index in [4.69, 9.17) is 16.2 Å². The van der Waals surface area contributed by atoms with Crippen LogP contribution >= 0.6 is 0 Å². The highest BCUT2D eigenvalue weighted by Crippen LogP contribution is 2.07. The highest BCUT2D eigenvalue weighted by atomic mass is 16.5. The molecule has 0 aliphatic heterocycles. The van der Waals surface area contributed by atoms with Crippen LogP contribution < -0.4 is 21.5 Å². The first-order valence-electron chi connectivity index (χ1n) is 6.09. The molecule has 0 fully saturated rings. The quantitative estimate of drug-likeness (QED) is 0.564. The zero-order chi connectivity index (χ0) is 14.1. The standard InChI is InChI=1S/C13H19N3O3/c14-11(9-12(15)17)13(18)16-7-4-8-19-10-5-2-1-3-6-10/h1-3,5-6,11H,4,7-9,14H2,(H2,15,17)(H,16,18). The first-order chi connectivity index (χ1) is 9.09. The van der Waals surface area contributed by atoms with Gasteiger partial charge < -0.3 is 21.5 Å². The lowest BCUT2D eigenvalue weighted by Gasteiger charge is -2.10. The van der Waals surface area contributed by atoms with E-state index in [1.807, 2.05) is 30.3 Å². The van der Waals surface area contributed by atoms with E-state index >= 15 is 0 Å². The molecule has 0 aliphatic rings. The Labute approximate surface area is 112 Å². The van der Waals surface area contributed by atoms with E-state index in [-0.39, 0.29) is 12.3 Å². The number of carbonyl (C=O) groups is 2. The number of amides is 2. The van der Waals surface area contributed by atoms with Gasteiger partial charge in [0.2, 0.25) is 11.8 Å². The van der Waals surface area contributed by atoms with Gasteiger partial charge in [-0.05, 0) is 18.6 Å². The number of carbonyl (C=O) groups excluding carboxylic acids is 2. The molecule has 2 amide bonds. The van der Waals surface area contributed by atoms with Crippen molar-refractivity contribution in [1.82, 2.24) is 5.32 Å². The smallest absolute Gasteiger partial charge is 0.237 e. The van der Waals surface area contributed by atoms with Crippen LogP contribution in [0, 0.1) is 0 Å². The summed E-state index contributed by atoms with van der Waals surface area (Å²) in [5.74, 6) is -0.173. The van der Waals surface area contributed by atoms with Gasteiger partial charge in [0.05, 0.1) is 19.1 Å². The lowest BCUT2D eigenvalue weighted by atomic mass is 10.2. The summed E-state index contributed by atoms with van der Waals surface area (Å²) in [6.07, 6.45) is 0.510. The largest absolute Gasteiger partial charge is 0.494 e. The van der Waals surface area contributed by atoms with Gasteiger partial charge in [0.1, 0.15) is 5.75 Å². The van der Waals surface area contributed by atoms with Gasteiger partial charge in [-0.3, -0.25) is 9.59 Å². The average molecular weight is 265 g/mol. The Bertz CT molecular complexity index is 409. The maximum Gasteiger partial charge on any atom is 0.237 e. The predicted octanol–water partition coefficient (Wildman–Crippen LogP) is -0.226. The van der Waals surface area contributed by atoms with E-state index < -0.39 is 11.9 Å². The number of ether oxygens (including phenoxy) is 1. The molecule has 6 heteroatoms. The van der Waals surface area contributed by atoms with Gasteiger partial charge in [-0.25, -0.2) is 0 Å². The maximum absolute atomic E-state index is 11.4. The third-order valence-corrected chi connectivity index (χ3v) is 2.39. The summed E-state index contributed by atoms with van der Waals surface area (Å²) in [6.45, 7) is 0.938. The Balaban J connectivity index is 2.10. The van der Waals surface area contributed by atoms with E-state index in [0.717, 1.165) is 5.75 Å². The van der Waals surface area contributed by atoms with Gasteiger partial charge in [0.15, 0.2) is 0 Å². The van der Waals surface area contributed by atoms with Gasteiger partial charge in [-0.2, -0.15) is 0 Å². The molecular formula is C13H19N3O3. The molecule has 1 atom stereocenters. The van der Waals surface area contributed by atoms with Crippen molar-refractivity contribution in [1.29, 1.82) is 0 Å². The fourth-order valence-electron chi connectivity index (χ4n) is 1.43. The molecule has 0 spiro atoms. The van der Waals surface area contributed by atoms with Crippen molar-refractivity contribution in [3.63, 3.8) is 0 Å². The van der Waals surface area contributed by atoms with E-state index in [1.54, 1.807) is 0 Å². The summed E-state index contributed by atoms with van der Waals surface area (Å²) in [5.41, 5.74) is 10.4. The first kappa shape index (κ1) is 15.0. The molecular weight excluding hydrogens is 246 g/mol. The summed E-state index contributed by atoms with van der Waals surface area (Å²) in [4.78, 5) is 22.0. The fourth-order valence-corrected chi connectivity index (χ4v) is 1.43. The van der Waals surface area contributed by atoms with Gasteiger partial charge in [-0.1, -0.05) is 18.2 Å². The van der Waals surface area contributed by atoms with E-state index in [1.165, 1.54) is 0 Å². The summed E-state index contributed by atoms with van der Waals surface area (Å²) in [7, 11) is 0. The van der Waals surface area contributed by atoms with Crippen molar-refractivity contribution < 1.29 is 14.3 Å². The lowest BCUT2D eigenvalue weighted by Crippen LogP contribution is -2.43. The summed E-state index contributed by atoms with van der Waals surface area (Å²) >= 11 is 0. The molecule has 19 heavy (non-hydrogen) atoms. The van der Waals surface area contributed by atoms with Gasteiger partial charge >= 0.3 is 0 Å². The molecule has 1 aromatic rings. The van der Waals surface area contributed by atoms with Crippen LogP contribution in [-0.2, 0) is 9.59 Å². The van der Waals surface area contributed by atoms with E-state index in [0.29, 0.717) is 19.6 Å². The van der Waals surface area contributed by atoms with Crippen molar-refractivity contribution in [2.24, 2.45) is 11.5 Å². The van der Waals surface area contributed by atoms with Gasteiger partial charge in [0, 0.05) is 6.54 Å². The van der Waals surface area contributed by atoms with E-state index in [2.05, 4.69) is 5.32 Å². The number of hydrogen-bond acceptors (Lipinski definition) is 4. The van der Waals surface area contributed by atoms with Crippen molar-refractivity contribution in [2.45, 2.75) is 18.9 Å². The Morgan fingerprint density at radius 1 is 1.26 bits per heavy atom. The number of para-hydroxylation sites is 1. The second kappa shape index (κ2) is 8.10. The van der Waals surface area contributed by atoms with Crippen LogP contribution in [0.15, 0.2) is 30.3 Å². The molecule has 0 heterocycles. The minimum atomic E-state index is -0.882. The number of rotatable bonds is 8. The number of nitrogens with two attached hydrogens (primary N) is 2. The van der Waals surface area contributed by atoms with Crippen LogP contribution in [0.2, 0.25) is 0 Å². The molecule has 104 valence electrons. The predicted molar refractivity (Wildman–Crippen MR) is 71.4 cm³/mol. The van der Waals surface area contributed by atoms with Crippen LogP contribution in [0.25, 0.3) is 0 Å². The lowest BCUT2D eigenvalue weighted by molar-refractivity contribution is -0.126. The van der Waals surface area contributed by atoms with Crippen LogP contribution in [0.4, 0.5) is 0 Å². The second-order valence-electron chi connectivity index (χ2n) is 4.08. The average Bonchev–Trinajstić information content (AvgIpc) is 2.38. The van der Waals surface area contributed by atoms with Crippen molar-refractivity contribution in [3.8, 4) is 5.75 Å². The molecule has 0 saturated heterocycles. The number of primary amides is 1. The molecule has 0 aromatic heterocycles. The molecule has 1 unspecified atom stereocenters. The fraction of sp³-hybridized carbons (Fsp3) is 0.385. The maximum atomic E-state index is 11.4. The van der Waals surface area contributed by atoms with Gasteiger partial charge in [-0.15, -0.1) is 0 Å². The van der Waals surface area contributed by atoms with Crippen molar-refractivity contribution in [2.75, 3.05) is 13.2 Å². The number of benzene rings is 1. The minimum absolute atomic E-state index is 0.146. The SMILES string of the molecule is NC(=O)CC(N)C(=O)NCCCOc1ccccc1. The molecule has 6 nitrogen and oxygen atoms in total. The zero-order valence-corrected chi connectivity index (χ0v) is 10.7. The monoisotopic (exact) mass is 265 g/mol. The first-order valence-corrected chi connectivity index (χ1v) is 6.09. The molecule has 5 N–H and O–H groups in total. The molecule has 0 bridgehead atoms. The zero-order valence-electron chi connectivity index (χ0n) is 10.7. The summed E-state index contributed by atoms with van der Waals surface area (Å²) < 4.78 is 5.46. The number of nitrogens with one attached hydrogen (secondary N) is 1. The van der Waals surface area contributed by atoms with E-state index in [9.17, 15) is 9.59 Å². The Hall–Kier alpha value is -2.08. The molecule has 0 aliphatic carbocycles. The van der Waals surface area contributed by atoms with Crippen LogP contribution in [-0.4, -0.2) is 31.0 Å². The number of hydrogen-bond donors (Lipinski definition) is 3. The summed E-state index contributed by atoms with van der Waals surface area (Å²) in [6, 6.07) is 8.53. The highest BCUT2D eigenvalue weighted by molar-refractivity contribution is 5.87. The molecule has 1 rings (SSSR count). The Kier molecular flexibility index (Phi) is 6.38. The normalized spacial score (nSPS) is 11.6. The molecule has 0 radical (unpaired) electrons. The Morgan fingerprint density at radius 2 is 1.95 bits per heavy atom. The third-order valence-electron chi connectivity index (χ3n) is 2.39. The van der Waals surface area contributed by atoms with Crippen molar-refractivity contribution >= 4 is 11.8 Å². The summed E-state index contributed by atoms with van der Waals surface area (Å²) in [5, 5.41) is 2.62. The Morgan fingerprint density at radius 3 is 2.58 bits per heavy atom. The third kappa shape index (κ3) is 6.42. The van der Waals surface area contributed by atoms with Crippen molar-refractivity contribution in [3.05, 3.63) is 30.3 Å². The van der Waals surface area contributed by atoms with Crippen LogP contribution in [0.5, 0.6) is 5.75 Å². The molecule has 1 aromatic carbocycles. The molecule has 0 saturated carbocycles. The minimum Gasteiger partial charge on any atom is -0.494 e. The van der Waals surface area contributed by atoms with Crippen LogP contribution in [0.3, 0.4) is 0 Å². The topological polar surface area (TPSA) is 107 Å². The van der Waals surface area contributed by atoms with Crippen LogP contribution in [0.1, 0.15) is 12.8 Å². The highest BCUT2D eigenvalue weighted by Gasteiger charge is 2.14. The van der Waals surface area contributed by atoms with Gasteiger partial charge in [0.25, 0.3) is 0 Å². The second-order valence-corrected chi connectivity index (χ2v) is 4.08.